The van der Waals surface area contributed by atoms with Crippen molar-refractivity contribution < 1.29 is 18.7 Å². The predicted octanol–water partition coefficient (Wildman–Crippen LogP) is 2.68. The Labute approximate surface area is 134 Å². The van der Waals surface area contributed by atoms with Crippen LogP contribution in [0.4, 0.5) is 5.69 Å². The summed E-state index contributed by atoms with van der Waals surface area (Å²) in [6, 6.07) is 10.8. The highest BCUT2D eigenvalue weighted by Crippen LogP contribution is 2.22. The Morgan fingerprint density at radius 3 is 2.87 bits per heavy atom. The summed E-state index contributed by atoms with van der Waals surface area (Å²) in [7, 11) is 0. The van der Waals surface area contributed by atoms with Crippen molar-refractivity contribution in [1.29, 1.82) is 0 Å². The summed E-state index contributed by atoms with van der Waals surface area (Å²) in [5.41, 5.74) is 1.35. The van der Waals surface area contributed by atoms with Gasteiger partial charge in [-0.05, 0) is 30.3 Å². The monoisotopic (exact) mass is 309 g/mol. The predicted molar refractivity (Wildman–Crippen MR) is 84.3 cm³/mol. The second-order valence-corrected chi connectivity index (χ2v) is 4.87. The Morgan fingerprint density at radius 1 is 1.26 bits per heavy atom. The fourth-order valence-corrected chi connectivity index (χ4v) is 2.22. The number of furan rings is 1. The van der Waals surface area contributed by atoms with Crippen molar-refractivity contribution in [2.75, 3.05) is 18.1 Å². The maximum absolute atomic E-state index is 12.8. The van der Waals surface area contributed by atoms with Crippen LogP contribution >= 0.6 is 0 Å². The summed E-state index contributed by atoms with van der Waals surface area (Å²) in [4.78, 5) is 14.3. The minimum atomic E-state index is -0.310. The number of hydrogen-bond donors (Lipinski definition) is 0. The van der Waals surface area contributed by atoms with Crippen LogP contribution in [-0.2, 0) is 20.8 Å². The average molecular weight is 309 g/mol. The first-order valence-corrected chi connectivity index (χ1v) is 7.13. The molecule has 0 aliphatic carbocycles. The average Bonchev–Trinajstić information content (AvgIpc) is 3.13. The normalized spacial score (nSPS) is 13.3. The number of amides is 1. The lowest BCUT2D eigenvalue weighted by molar-refractivity contribution is -0.120. The Kier molecular flexibility index (Phi) is 4.34. The van der Waals surface area contributed by atoms with Crippen LogP contribution in [0, 0.1) is 12.3 Å². The van der Waals surface area contributed by atoms with Crippen molar-refractivity contribution in [3.05, 3.63) is 66.0 Å². The van der Waals surface area contributed by atoms with Crippen molar-refractivity contribution in [3.63, 3.8) is 0 Å². The van der Waals surface area contributed by atoms with Crippen LogP contribution in [0.2, 0.25) is 0 Å². The number of carbonyl (C=O) groups excluding carboxylic acids is 1. The summed E-state index contributed by atoms with van der Waals surface area (Å²) < 4.78 is 15.9. The molecule has 0 radical (unpaired) electrons. The van der Waals surface area contributed by atoms with Crippen LogP contribution in [0.15, 0.2) is 59.1 Å². The van der Waals surface area contributed by atoms with Crippen LogP contribution in [0.3, 0.4) is 0 Å². The van der Waals surface area contributed by atoms with Crippen LogP contribution in [0.25, 0.3) is 0 Å². The number of carbonyl (C=O) groups is 1. The molecule has 5 nitrogen and oxygen atoms in total. The summed E-state index contributed by atoms with van der Waals surface area (Å²) in [6.07, 6.45) is 8.35. The summed E-state index contributed by atoms with van der Waals surface area (Å²) in [5, 5.41) is 0. The highest BCUT2D eigenvalue weighted by Gasteiger charge is 2.24. The first kappa shape index (κ1) is 14.8. The van der Waals surface area contributed by atoms with E-state index in [1.54, 1.807) is 41.5 Å². The zero-order chi connectivity index (χ0) is 16.1. The van der Waals surface area contributed by atoms with Gasteiger partial charge in [0, 0.05) is 11.3 Å². The van der Waals surface area contributed by atoms with Crippen molar-refractivity contribution in [1.82, 2.24) is 0 Å². The first-order chi connectivity index (χ1) is 11.3. The molecule has 2 heterocycles. The van der Waals surface area contributed by atoms with E-state index >= 15 is 0 Å². The summed E-state index contributed by atoms with van der Waals surface area (Å²) >= 11 is 0. The zero-order valence-corrected chi connectivity index (χ0v) is 12.4. The molecule has 1 amide bonds. The molecular formula is C18H15NO4. The van der Waals surface area contributed by atoms with Crippen LogP contribution < -0.4 is 4.90 Å². The van der Waals surface area contributed by atoms with E-state index in [4.69, 9.17) is 20.3 Å². The molecule has 0 saturated heterocycles. The molecule has 3 rings (SSSR count). The van der Waals surface area contributed by atoms with E-state index in [9.17, 15) is 4.79 Å². The molecule has 1 aromatic heterocycles. The van der Waals surface area contributed by atoms with Gasteiger partial charge in [0.25, 0.3) is 5.91 Å². The molecule has 0 N–H and O–H groups in total. The Morgan fingerprint density at radius 2 is 2.17 bits per heavy atom. The van der Waals surface area contributed by atoms with Gasteiger partial charge in [0.1, 0.15) is 25.2 Å². The third kappa shape index (κ3) is 3.38. The minimum Gasteiger partial charge on any atom is -0.494 e. The standard InChI is InChI=1S/C18H15NO4/c1-2-14-5-3-6-15(11-14)19(12-16-7-4-8-22-16)18(20)17-13-21-9-10-23-17/h1,3-8,11,13H,9-10,12H2. The largest absolute Gasteiger partial charge is 0.494 e. The molecule has 0 spiro atoms. The Bertz CT molecular complexity index is 756. The molecule has 0 fully saturated rings. The number of rotatable bonds is 4. The Balaban J connectivity index is 1.94. The molecule has 1 aliphatic rings. The lowest BCUT2D eigenvalue weighted by atomic mass is 10.2. The van der Waals surface area contributed by atoms with E-state index in [2.05, 4.69) is 5.92 Å². The van der Waals surface area contributed by atoms with Crippen molar-refractivity contribution in [3.8, 4) is 12.3 Å². The van der Waals surface area contributed by atoms with Gasteiger partial charge in [0.15, 0.2) is 0 Å². The molecule has 0 saturated carbocycles. The molecule has 1 aliphatic heterocycles. The maximum Gasteiger partial charge on any atom is 0.297 e. The maximum atomic E-state index is 12.8. The summed E-state index contributed by atoms with van der Waals surface area (Å²) in [5.74, 6) is 3.07. The molecule has 5 heteroatoms. The fraction of sp³-hybridized carbons (Fsp3) is 0.167. The Hall–Kier alpha value is -3.13. The second-order valence-electron chi connectivity index (χ2n) is 4.87. The molecule has 0 atom stereocenters. The topological polar surface area (TPSA) is 51.9 Å². The SMILES string of the molecule is C#Cc1cccc(N(Cc2ccco2)C(=O)C2=COCCO2)c1. The van der Waals surface area contributed by atoms with Gasteiger partial charge in [-0.15, -0.1) is 6.42 Å². The van der Waals surface area contributed by atoms with Gasteiger partial charge in [-0.2, -0.15) is 0 Å². The first-order valence-electron chi connectivity index (χ1n) is 7.13. The highest BCUT2D eigenvalue weighted by molar-refractivity contribution is 6.04. The van der Waals surface area contributed by atoms with E-state index in [-0.39, 0.29) is 18.2 Å². The molecular weight excluding hydrogens is 294 g/mol. The number of benzene rings is 1. The van der Waals surface area contributed by atoms with Gasteiger partial charge in [-0.1, -0.05) is 12.0 Å². The molecule has 2 aromatic rings. The number of anilines is 1. The lowest BCUT2D eigenvalue weighted by Crippen LogP contribution is -2.33. The van der Waals surface area contributed by atoms with Crippen LogP contribution in [-0.4, -0.2) is 19.1 Å². The van der Waals surface area contributed by atoms with Crippen LogP contribution in [0.5, 0.6) is 0 Å². The van der Waals surface area contributed by atoms with E-state index in [0.717, 1.165) is 0 Å². The molecule has 116 valence electrons. The quantitative estimate of drug-likeness (QED) is 0.815. The third-order valence-electron chi connectivity index (χ3n) is 3.32. The summed E-state index contributed by atoms with van der Waals surface area (Å²) in [6.45, 7) is 1.04. The molecule has 0 unspecified atom stereocenters. The zero-order valence-electron chi connectivity index (χ0n) is 12.4. The molecule has 1 aromatic carbocycles. The number of nitrogens with zero attached hydrogens (tertiary/aromatic N) is 1. The van der Waals surface area contributed by atoms with E-state index in [1.165, 1.54) is 6.26 Å². The third-order valence-corrected chi connectivity index (χ3v) is 3.32. The number of ether oxygens (including phenoxy) is 2. The van der Waals surface area contributed by atoms with E-state index in [0.29, 0.717) is 30.2 Å². The van der Waals surface area contributed by atoms with E-state index in [1.807, 2.05) is 6.07 Å². The minimum absolute atomic E-state index is 0.161. The van der Waals surface area contributed by atoms with Gasteiger partial charge in [-0.25, -0.2) is 0 Å². The second kappa shape index (κ2) is 6.75. The van der Waals surface area contributed by atoms with E-state index < -0.39 is 0 Å². The lowest BCUT2D eigenvalue weighted by Gasteiger charge is -2.24. The van der Waals surface area contributed by atoms with Gasteiger partial charge in [0.05, 0.1) is 12.8 Å². The number of hydrogen-bond acceptors (Lipinski definition) is 4. The van der Waals surface area contributed by atoms with Gasteiger partial charge in [-0.3, -0.25) is 9.69 Å². The van der Waals surface area contributed by atoms with Crippen LogP contribution in [0.1, 0.15) is 11.3 Å². The highest BCUT2D eigenvalue weighted by atomic mass is 16.6. The van der Waals surface area contributed by atoms with Gasteiger partial charge < -0.3 is 13.9 Å². The smallest absolute Gasteiger partial charge is 0.297 e. The number of terminal acetylenes is 1. The molecule has 0 bridgehead atoms. The van der Waals surface area contributed by atoms with Gasteiger partial charge >= 0.3 is 0 Å². The van der Waals surface area contributed by atoms with Crippen molar-refractivity contribution >= 4 is 11.6 Å². The fourth-order valence-electron chi connectivity index (χ4n) is 2.22. The van der Waals surface area contributed by atoms with Crippen molar-refractivity contribution in [2.24, 2.45) is 0 Å². The molecule has 23 heavy (non-hydrogen) atoms. The van der Waals surface area contributed by atoms with Crippen molar-refractivity contribution in [2.45, 2.75) is 6.54 Å². The van der Waals surface area contributed by atoms with Gasteiger partial charge in [0.2, 0.25) is 5.76 Å².